The average molecular weight is 578 g/mol. The number of aliphatic hydroxyl groups excluding tert-OH is 1. The van der Waals surface area contributed by atoms with E-state index in [0.29, 0.717) is 12.8 Å². The molecule has 1 aliphatic heterocycles. The topological polar surface area (TPSA) is 211 Å². The number of carbonyl (C=O) groups is 5. The summed E-state index contributed by atoms with van der Waals surface area (Å²) in [6, 6.07) is -0.168. The molecule has 0 saturated carbocycles. The Labute approximate surface area is 239 Å². The second-order valence-corrected chi connectivity index (χ2v) is 11.1. The van der Waals surface area contributed by atoms with Crippen LogP contribution in [0.15, 0.2) is 24.3 Å². The normalized spacial score (nSPS) is 20.4. The van der Waals surface area contributed by atoms with Crippen LogP contribution in [0.2, 0.25) is 0 Å². The molecule has 4 amide bonds. The fourth-order valence-electron chi connectivity index (χ4n) is 4.68. The van der Waals surface area contributed by atoms with Gasteiger partial charge in [0.15, 0.2) is 0 Å². The van der Waals surface area contributed by atoms with Crippen LogP contribution in [0.1, 0.15) is 65.5 Å². The number of aliphatic hydroxyl groups is 1. The molecule has 8 N–H and O–H groups in total. The van der Waals surface area contributed by atoms with E-state index >= 15 is 0 Å². The molecule has 13 heteroatoms. The molecule has 1 saturated heterocycles. The molecule has 41 heavy (non-hydrogen) atoms. The summed E-state index contributed by atoms with van der Waals surface area (Å²) in [7, 11) is 0. The number of phenolic OH excluding ortho intramolecular Hbond substituents is 1. The quantitative estimate of drug-likeness (QED) is 0.168. The van der Waals surface area contributed by atoms with E-state index in [9.17, 15) is 39.3 Å². The molecule has 1 fully saturated rings. The number of β-amino-alcohol motifs (C(OH)–C–C–N with tert-alkyl or cyclic N) is 1. The van der Waals surface area contributed by atoms with Crippen molar-refractivity contribution in [2.75, 3.05) is 6.54 Å². The van der Waals surface area contributed by atoms with Gasteiger partial charge in [0.05, 0.1) is 12.1 Å². The lowest BCUT2D eigenvalue weighted by atomic mass is 9.98. The number of carboxylic acids is 1. The number of nitrogens with one attached hydrogen (secondary N) is 3. The van der Waals surface area contributed by atoms with Crippen LogP contribution in [0.25, 0.3) is 0 Å². The minimum absolute atomic E-state index is 0.0814. The maximum atomic E-state index is 13.5. The summed E-state index contributed by atoms with van der Waals surface area (Å²) < 4.78 is 0. The van der Waals surface area contributed by atoms with E-state index < -0.39 is 71.8 Å². The van der Waals surface area contributed by atoms with E-state index in [1.807, 2.05) is 13.8 Å². The smallest absolute Gasteiger partial charge is 0.326 e. The largest absolute Gasteiger partial charge is 0.508 e. The molecule has 4 unspecified atom stereocenters. The lowest BCUT2D eigenvalue weighted by Crippen LogP contribution is -2.56. The molecule has 228 valence electrons. The summed E-state index contributed by atoms with van der Waals surface area (Å²) in [5, 5.41) is 37.3. The van der Waals surface area contributed by atoms with Gasteiger partial charge in [0, 0.05) is 13.0 Å². The van der Waals surface area contributed by atoms with Crippen LogP contribution in [0.5, 0.6) is 5.75 Å². The highest BCUT2D eigenvalue weighted by atomic mass is 16.4. The molecule has 1 heterocycles. The molecule has 1 aromatic rings. The molecule has 2 rings (SSSR count). The van der Waals surface area contributed by atoms with E-state index in [1.54, 1.807) is 13.8 Å². The first-order valence-corrected chi connectivity index (χ1v) is 13.8. The molecule has 0 spiro atoms. The van der Waals surface area contributed by atoms with Crippen LogP contribution >= 0.6 is 0 Å². The number of rotatable bonds is 13. The zero-order valence-corrected chi connectivity index (χ0v) is 24.2. The van der Waals surface area contributed by atoms with Gasteiger partial charge in [0.2, 0.25) is 23.6 Å². The first-order chi connectivity index (χ1) is 19.2. The van der Waals surface area contributed by atoms with E-state index in [0.717, 1.165) is 4.90 Å². The Morgan fingerprint density at radius 1 is 1.00 bits per heavy atom. The average Bonchev–Trinajstić information content (AvgIpc) is 3.30. The minimum Gasteiger partial charge on any atom is -0.508 e. The molecule has 0 aliphatic carbocycles. The van der Waals surface area contributed by atoms with Crippen molar-refractivity contribution < 1.29 is 39.3 Å². The summed E-state index contributed by atoms with van der Waals surface area (Å²) in [5.41, 5.74) is 6.18. The summed E-state index contributed by atoms with van der Waals surface area (Å²) in [6.07, 6.45) is -0.245. The molecule has 1 aliphatic rings. The standard InChI is InChI=1S/C28H43N5O8/c1-6-15(4)22(28(40)41)31-26(38)23(17-7-9-18(34)10-8-17)32-25(37)21-12-19(35)13-33(21)27(39)16(5)30-24(36)20(29)11-14(2)3/h7-10,14-16,19-23,34-35H,6,11-13,29H2,1-5H3,(H,30,36)(H,31,38)(H,32,37)(H,40,41)/t15-,16-,19?,20-,21?,22?,23?/m0/s1. The monoisotopic (exact) mass is 577 g/mol. The summed E-state index contributed by atoms with van der Waals surface area (Å²) >= 11 is 0. The van der Waals surface area contributed by atoms with Crippen molar-refractivity contribution in [1.82, 2.24) is 20.9 Å². The van der Waals surface area contributed by atoms with Crippen molar-refractivity contribution >= 4 is 29.6 Å². The number of nitrogens with two attached hydrogens (primary N) is 1. The third-order valence-corrected chi connectivity index (χ3v) is 7.21. The van der Waals surface area contributed by atoms with Crippen LogP contribution in [-0.2, 0) is 24.0 Å². The highest BCUT2D eigenvalue weighted by Crippen LogP contribution is 2.23. The van der Waals surface area contributed by atoms with E-state index in [-0.39, 0.29) is 30.2 Å². The van der Waals surface area contributed by atoms with Gasteiger partial charge in [0.1, 0.15) is 29.9 Å². The lowest BCUT2D eigenvalue weighted by molar-refractivity contribution is -0.144. The van der Waals surface area contributed by atoms with Gasteiger partial charge in [-0.2, -0.15) is 0 Å². The second kappa shape index (κ2) is 14.8. The Balaban J connectivity index is 2.26. The number of likely N-dealkylation sites (tertiary alicyclic amines) is 1. The summed E-state index contributed by atoms with van der Waals surface area (Å²) in [4.78, 5) is 65.5. The van der Waals surface area contributed by atoms with Gasteiger partial charge in [0.25, 0.3) is 0 Å². The van der Waals surface area contributed by atoms with Crippen molar-refractivity contribution in [3.05, 3.63) is 29.8 Å². The number of hydrogen-bond donors (Lipinski definition) is 7. The van der Waals surface area contributed by atoms with Crippen molar-refractivity contribution in [2.24, 2.45) is 17.6 Å². The molecule has 13 nitrogen and oxygen atoms in total. The molecular weight excluding hydrogens is 534 g/mol. The second-order valence-electron chi connectivity index (χ2n) is 11.1. The number of hydrogen-bond acceptors (Lipinski definition) is 8. The number of nitrogens with zero attached hydrogens (tertiary/aromatic N) is 1. The highest BCUT2D eigenvalue weighted by Gasteiger charge is 2.42. The van der Waals surface area contributed by atoms with Crippen LogP contribution in [-0.4, -0.2) is 86.6 Å². The Morgan fingerprint density at radius 3 is 2.15 bits per heavy atom. The molecule has 0 aromatic heterocycles. The minimum atomic E-state index is -1.37. The number of benzene rings is 1. The Morgan fingerprint density at radius 2 is 1.61 bits per heavy atom. The summed E-state index contributed by atoms with van der Waals surface area (Å²) in [6.45, 7) is 8.57. The molecular formula is C28H43N5O8. The van der Waals surface area contributed by atoms with Gasteiger partial charge in [-0.05, 0) is 42.9 Å². The predicted octanol–water partition coefficient (Wildman–Crippen LogP) is 0.00490. The maximum absolute atomic E-state index is 13.5. The first-order valence-electron chi connectivity index (χ1n) is 13.8. The summed E-state index contributed by atoms with van der Waals surface area (Å²) in [5.74, 6) is -4.24. The van der Waals surface area contributed by atoms with Crippen molar-refractivity contribution in [3.63, 3.8) is 0 Å². The number of aromatic hydroxyl groups is 1. The number of amides is 4. The molecule has 0 bridgehead atoms. The molecule has 1 aromatic carbocycles. The Bertz CT molecular complexity index is 1100. The van der Waals surface area contributed by atoms with Gasteiger partial charge in [-0.15, -0.1) is 0 Å². The number of phenols is 1. The number of aliphatic carboxylic acids is 1. The van der Waals surface area contributed by atoms with Crippen LogP contribution < -0.4 is 21.7 Å². The third kappa shape index (κ3) is 9.15. The zero-order valence-electron chi connectivity index (χ0n) is 24.2. The maximum Gasteiger partial charge on any atom is 0.326 e. The van der Waals surface area contributed by atoms with Crippen molar-refractivity contribution in [2.45, 2.75) is 90.2 Å². The predicted molar refractivity (Wildman–Crippen MR) is 149 cm³/mol. The van der Waals surface area contributed by atoms with E-state index in [1.165, 1.54) is 31.2 Å². The Kier molecular flexibility index (Phi) is 12.1. The van der Waals surface area contributed by atoms with Gasteiger partial charge >= 0.3 is 5.97 Å². The van der Waals surface area contributed by atoms with Gasteiger partial charge in [-0.1, -0.05) is 46.2 Å². The SMILES string of the molecule is CC[C@H](C)C(NC(=O)C(NC(=O)C1CC(O)CN1C(=O)[C@H](C)NC(=O)[C@@H](N)CC(C)C)c1ccc(O)cc1)C(=O)O. The molecule has 7 atom stereocenters. The fraction of sp³-hybridized carbons (Fsp3) is 0.607. The van der Waals surface area contributed by atoms with Gasteiger partial charge in [-0.25, -0.2) is 4.79 Å². The highest BCUT2D eigenvalue weighted by molar-refractivity contribution is 5.96. The van der Waals surface area contributed by atoms with Gasteiger partial charge < -0.3 is 41.9 Å². The molecule has 0 radical (unpaired) electrons. The number of carboxylic acid groups (broad SMARTS) is 1. The van der Waals surface area contributed by atoms with Crippen molar-refractivity contribution in [3.8, 4) is 5.75 Å². The van der Waals surface area contributed by atoms with Gasteiger partial charge in [-0.3, -0.25) is 19.2 Å². The Hall–Kier alpha value is -3.71. The van der Waals surface area contributed by atoms with Crippen LogP contribution in [0, 0.1) is 11.8 Å². The van der Waals surface area contributed by atoms with Crippen molar-refractivity contribution in [1.29, 1.82) is 0 Å². The third-order valence-electron chi connectivity index (χ3n) is 7.21. The van der Waals surface area contributed by atoms with E-state index in [4.69, 9.17) is 5.73 Å². The van der Waals surface area contributed by atoms with E-state index in [2.05, 4.69) is 16.0 Å². The number of carbonyl (C=O) groups excluding carboxylic acids is 4. The van der Waals surface area contributed by atoms with Crippen LogP contribution in [0.4, 0.5) is 0 Å². The van der Waals surface area contributed by atoms with Crippen LogP contribution in [0.3, 0.4) is 0 Å². The first kappa shape index (κ1) is 33.5. The fourth-order valence-corrected chi connectivity index (χ4v) is 4.68. The zero-order chi connectivity index (χ0) is 31.0. The lowest BCUT2D eigenvalue weighted by Gasteiger charge is -2.29.